The highest BCUT2D eigenvalue weighted by atomic mass is 32.2. The summed E-state index contributed by atoms with van der Waals surface area (Å²) in [5, 5.41) is 10.2. The molecule has 9 heteroatoms. The number of aromatic hydroxyl groups is 1. The number of likely N-dealkylation sites (N-methyl/N-ethyl adjacent to an activating group) is 1. The molecule has 1 fully saturated rings. The van der Waals surface area contributed by atoms with E-state index in [1.807, 2.05) is 7.05 Å². The number of aromatic nitrogens is 1. The van der Waals surface area contributed by atoms with Crippen molar-refractivity contribution in [2.45, 2.75) is 11.4 Å². The Morgan fingerprint density at radius 3 is 2.31 bits per heavy atom. The van der Waals surface area contributed by atoms with E-state index in [-0.39, 0.29) is 4.90 Å². The average molecular weight is 381 g/mol. The van der Waals surface area contributed by atoms with Crippen LogP contribution in [0.4, 0.5) is 4.39 Å². The minimum atomic E-state index is -4.21. The molecule has 1 aromatic heterocycles. The molecule has 26 heavy (non-hydrogen) atoms. The third-order valence-electron chi connectivity index (χ3n) is 4.48. The maximum atomic E-state index is 13.0. The molecule has 0 bridgehead atoms. The lowest BCUT2D eigenvalue weighted by Gasteiger charge is -2.32. The van der Waals surface area contributed by atoms with Crippen molar-refractivity contribution in [1.29, 1.82) is 0 Å². The Morgan fingerprint density at radius 1 is 1.08 bits per heavy atom. The van der Waals surface area contributed by atoms with Gasteiger partial charge in [-0.05, 0) is 37.4 Å². The summed E-state index contributed by atoms with van der Waals surface area (Å²) in [6.07, 6.45) is 1.13. The topological polar surface area (TPSA) is 82.8 Å². The molecule has 7 nitrogen and oxygen atoms in total. The Hall–Kier alpha value is -2.23. The number of halogens is 1. The van der Waals surface area contributed by atoms with Crippen molar-refractivity contribution < 1.29 is 17.9 Å². The van der Waals surface area contributed by atoms with Gasteiger partial charge in [-0.2, -0.15) is 0 Å². The third-order valence-corrected chi connectivity index (χ3v) is 6.15. The van der Waals surface area contributed by atoms with Crippen LogP contribution in [-0.2, 0) is 16.6 Å². The number of pyridine rings is 1. The van der Waals surface area contributed by atoms with Gasteiger partial charge in [0.1, 0.15) is 5.82 Å². The van der Waals surface area contributed by atoms with Crippen LogP contribution in [0.3, 0.4) is 0 Å². The second-order valence-corrected chi connectivity index (χ2v) is 8.14. The smallest absolute Gasteiger partial charge is 0.306 e. The van der Waals surface area contributed by atoms with Gasteiger partial charge in [-0.15, -0.1) is 0 Å². The summed E-state index contributed by atoms with van der Waals surface area (Å²) >= 11 is 0. The number of piperazine rings is 1. The van der Waals surface area contributed by atoms with E-state index in [1.54, 1.807) is 0 Å². The molecule has 1 aromatic carbocycles. The number of hydrogen-bond acceptors (Lipinski definition) is 6. The first-order valence-corrected chi connectivity index (χ1v) is 9.58. The first-order chi connectivity index (χ1) is 12.3. The van der Waals surface area contributed by atoms with Gasteiger partial charge >= 0.3 is 5.56 Å². The van der Waals surface area contributed by atoms with Crippen LogP contribution < -0.4 is 5.56 Å². The Labute approximate surface area is 151 Å². The second-order valence-electron chi connectivity index (χ2n) is 6.33. The Balaban J connectivity index is 1.90. The lowest BCUT2D eigenvalue weighted by atomic mass is 10.2. The Morgan fingerprint density at radius 2 is 1.69 bits per heavy atom. The molecule has 1 aliphatic rings. The van der Waals surface area contributed by atoms with E-state index in [0.29, 0.717) is 16.1 Å². The second kappa shape index (κ2) is 7.18. The molecule has 3 rings (SSSR count). The minimum absolute atomic E-state index is 0.229. The SMILES string of the molecule is CN1CCN(Cc2ccn(S(=O)(=O)c3ccc(F)cc3)c(=O)c2O)CC1. The van der Waals surface area contributed by atoms with E-state index in [1.165, 1.54) is 6.07 Å². The van der Waals surface area contributed by atoms with Crippen molar-refractivity contribution >= 4 is 10.0 Å². The van der Waals surface area contributed by atoms with Crippen molar-refractivity contribution in [3.8, 4) is 5.75 Å². The zero-order valence-electron chi connectivity index (χ0n) is 14.3. The van der Waals surface area contributed by atoms with Crippen LogP contribution in [0.2, 0.25) is 0 Å². The van der Waals surface area contributed by atoms with E-state index in [4.69, 9.17) is 0 Å². The fourth-order valence-electron chi connectivity index (χ4n) is 2.83. The molecule has 0 saturated carbocycles. The molecule has 0 aliphatic carbocycles. The molecule has 2 aromatic rings. The van der Waals surface area contributed by atoms with Crippen molar-refractivity contribution in [1.82, 2.24) is 13.8 Å². The van der Waals surface area contributed by atoms with E-state index >= 15 is 0 Å². The summed E-state index contributed by atoms with van der Waals surface area (Å²) in [6.45, 7) is 3.74. The van der Waals surface area contributed by atoms with Gasteiger partial charge in [0.25, 0.3) is 10.0 Å². The molecule has 1 saturated heterocycles. The molecule has 1 N–H and O–H groups in total. The van der Waals surface area contributed by atoms with E-state index < -0.39 is 27.1 Å². The summed E-state index contributed by atoms with van der Waals surface area (Å²) in [5.74, 6) is -1.17. The van der Waals surface area contributed by atoms with Gasteiger partial charge in [0.15, 0.2) is 5.75 Å². The normalized spacial score (nSPS) is 16.7. The summed E-state index contributed by atoms with van der Waals surface area (Å²) in [5.41, 5.74) is -0.633. The monoisotopic (exact) mass is 381 g/mol. The predicted octanol–water partition coefficient (Wildman–Crippen LogP) is 0.677. The highest BCUT2D eigenvalue weighted by molar-refractivity contribution is 7.90. The number of rotatable bonds is 4. The fraction of sp³-hybridized carbons (Fsp3) is 0.353. The van der Waals surface area contributed by atoms with Gasteiger partial charge in [-0.3, -0.25) is 9.69 Å². The molecule has 140 valence electrons. The van der Waals surface area contributed by atoms with Crippen LogP contribution in [-0.4, -0.2) is 60.5 Å². The lowest BCUT2D eigenvalue weighted by molar-refractivity contribution is 0.147. The van der Waals surface area contributed by atoms with Crippen LogP contribution in [0.25, 0.3) is 0 Å². The van der Waals surface area contributed by atoms with Crippen molar-refractivity contribution in [2.75, 3.05) is 33.2 Å². The maximum absolute atomic E-state index is 13.0. The largest absolute Gasteiger partial charge is 0.503 e. The van der Waals surface area contributed by atoms with Crippen molar-refractivity contribution in [3.63, 3.8) is 0 Å². The number of nitrogens with zero attached hydrogens (tertiary/aromatic N) is 3. The Kier molecular flexibility index (Phi) is 5.12. The molecular formula is C17H20FN3O4S. The highest BCUT2D eigenvalue weighted by Gasteiger charge is 2.22. The predicted molar refractivity (Wildman–Crippen MR) is 94.1 cm³/mol. The van der Waals surface area contributed by atoms with E-state index in [9.17, 15) is 22.7 Å². The summed E-state index contributed by atoms with van der Waals surface area (Å²) < 4.78 is 38.6. The molecule has 0 spiro atoms. The van der Waals surface area contributed by atoms with Crippen LogP contribution in [0.1, 0.15) is 5.56 Å². The maximum Gasteiger partial charge on any atom is 0.306 e. The first-order valence-electron chi connectivity index (χ1n) is 8.14. The van der Waals surface area contributed by atoms with E-state index in [0.717, 1.165) is 56.6 Å². The van der Waals surface area contributed by atoms with Gasteiger partial charge in [0.05, 0.1) is 4.90 Å². The van der Waals surface area contributed by atoms with Gasteiger partial charge in [0.2, 0.25) is 0 Å². The summed E-state index contributed by atoms with van der Waals surface area (Å²) in [6, 6.07) is 5.58. The zero-order valence-corrected chi connectivity index (χ0v) is 15.1. The van der Waals surface area contributed by atoms with E-state index in [2.05, 4.69) is 9.80 Å². The standard InChI is InChI=1S/C17H20FN3O4S/c1-19-8-10-20(11-9-19)12-13-6-7-21(17(23)16(13)22)26(24,25)15-4-2-14(18)3-5-15/h2-7,22H,8-12H2,1H3. The molecule has 1 aliphatic heterocycles. The fourth-order valence-corrected chi connectivity index (χ4v) is 4.06. The van der Waals surface area contributed by atoms with Gasteiger partial charge in [0, 0.05) is 44.5 Å². The van der Waals surface area contributed by atoms with Crippen LogP contribution in [0.15, 0.2) is 46.2 Å². The number of benzene rings is 1. The average Bonchev–Trinajstić information content (AvgIpc) is 2.61. The quantitative estimate of drug-likeness (QED) is 0.839. The van der Waals surface area contributed by atoms with Crippen molar-refractivity contribution in [2.24, 2.45) is 0 Å². The lowest BCUT2D eigenvalue weighted by Crippen LogP contribution is -2.44. The summed E-state index contributed by atoms with van der Waals surface area (Å²) in [7, 11) is -2.18. The zero-order chi connectivity index (χ0) is 18.9. The van der Waals surface area contributed by atoms with Gasteiger partial charge in [-0.1, -0.05) is 0 Å². The third kappa shape index (κ3) is 3.64. The highest BCUT2D eigenvalue weighted by Crippen LogP contribution is 2.18. The molecule has 2 heterocycles. The molecule has 0 amide bonds. The van der Waals surface area contributed by atoms with Crippen LogP contribution in [0, 0.1) is 5.82 Å². The first kappa shape index (κ1) is 18.6. The molecule has 0 unspecified atom stereocenters. The van der Waals surface area contributed by atoms with Crippen LogP contribution >= 0.6 is 0 Å². The number of hydrogen-bond donors (Lipinski definition) is 1. The summed E-state index contributed by atoms with van der Waals surface area (Å²) in [4.78, 5) is 16.4. The minimum Gasteiger partial charge on any atom is -0.503 e. The molecule has 0 atom stereocenters. The van der Waals surface area contributed by atoms with Gasteiger partial charge in [-0.25, -0.2) is 16.8 Å². The molecule has 0 radical (unpaired) electrons. The molecular weight excluding hydrogens is 361 g/mol. The van der Waals surface area contributed by atoms with Gasteiger partial charge < -0.3 is 10.0 Å². The Bertz CT molecular complexity index is 949. The van der Waals surface area contributed by atoms with Crippen LogP contribution in [0.5, 0.6) is 5.75 Å². The van der Waals surface area contributed by atoms with Crippen molar-refractivity contribution in [3.05, 3.63) is 58.3 Å².